The molecular weight excluding hydrogens is 344 g/mol. The number of hydrogen-bond acceptors (Lipinski definition) is 5. The van der Waals surface area contributed by atoms with Crippen molar-refractivity contribution in [2.75, 3.05) is 11.6 Å². The maximum absolute atomic E-state index is 13.0. The van der Waals surface area contributed by atoms with E-state index in [4.69, 9.17) is 0 Å². The second kappa shape index (κ2) is 9.05. The van der Waals surface area contributed by atoms with Gasteiger partial charge in [0.05, 0.1) is 17.0 Å². The zero-order chi connectivity index (χ0) is 19.1. The number of nitrogens with one attached hydrogen (secondary N) is 2. The average Bonchev–Trinajstić information content (AvgIpc) is 3.24. The van der Waals surface area contributed by atoms with Crippen LogP contribution in [-0.2, 0) is 16.0 Å². The fraction of sp³-hybridized carbons (Fsp3) is 0.300. The van der Waals surface area contributed by atoms with Gasteiger partial charge < -0.3 is 10.6 Å². The quantitative estimate of drug-likeness (QED) is 0.580. The summed E-state index contributed by atoms with van der Waals surface area (Å²) in [6, 6.07) is 16.6. The number of amides is 2. The Kier molecular flexibility index (Phi) is 6.27. The highest BCUT2D eigenvalue weighted by Crippen LogP contribution is 2.17. The lowest BCUT2D eigenvalue weighted by molar-refractivity contribution is -0.128. The molecular formula is C20H22N4O3. The molecule has 0 bridgehead atoms. The van der Waals surface area contributed by atoms with Crippen molar-refractivity contribution in [1.29, 1.82) is 0 Å². The third kappa shape index (κ3) is 4.77. The molecule has 7 nitrogen and oxygen atoms in total. The first-order valence-corrected chi connectivity index (χ1v) is 8.99. The van der Waals surface area contributed by atoms with Crippen LogP contribution in [0, 0.1) is 4.91 Å². The molecule has 140 valence electrons. The van der Waals surface area contributed by atoms with Crippen LogP contribution in [0.2, 0.25) is 0 Å². The van der Waals surface area contributed by atoms with Crippen LogP contribution >= 0.6 is 0 Å². The van der Waals surface area contributed by atoms with Gasteiger partial charge in [0, 0.05) is 6.42 Å². The van der Waals surface area contributed by atoms with Crippen molar-refractivity contribution in [3.63, 3.8) is 0 Å². The molecule has 3 rings (SSSR count). The van der Waals surface area contributed by atoms with Crippen molar-refractivity contribution in [2.45, 2.75) is 31.3 Å². The summed E-state index contributed by atoms with van der Waals surface area (Å²) in [5.41, 5.74) is 1.25. The van der Waals surface area contributed by atoms with Crippen LogP contribution in [0.4, 0.5) is 5.69 Å². The third-order valence-electron chi connectivity index (χ3n) is 4.57. The number of anilines is 1. The summed E-state index contributed by atoms with van der Waals surface area (Å²) >= 11 is 0. The monoisotopic (exact) mass is 366 g/mol. The summed E-state index contributed by atoms with van der Waals surface area (Å²) < 4.78 is 0. The van der Waals surface area contributed by atoms with Gasteiger partial charge in [-0.2, -0.15) is 5.01 Å². The van der Waals surface area contributed by atoms with Crippen molar-refractivity contribution in [2.24, 2.45) is 5.29 Å². The van der Waals surface area contributed by atoms with Gasteiger partial charge in [-0.05, 0) is 37.1 Å². The van der Waals surface area contributed by atoms with Gasteiger partial charge in [-0.15, -0.1) is 4.91 Å². The lowest BCUT2D eigenvalue weighted by Crippen LogP contribution is -2.52. The Labute approximate surface area is 157 Å². The molecule has 0 aliphatic carbocycles. The van der Waals surface area contributed by atoms with E-state index in [0.717, 1.165) is 30.0 Å². The molecule has 1 saturated heterocycles. The molecule has 0 spiro atoms. The number of benzene rings is 2. The summed E-state index contributed by atoms with van der Waals surface area (Å²) in [5, 5.41) is 9.61. The molecule has 1 aliphatic rings. The van der Waals surface area contributed by atoms with E-state index in [0.29, 0.717) is 5.69 Å². The molecule has 1 aliphatic heterocycles. The molecule has 1 fully saturated rings. The molecule has 2 atom stereocenters. The van der Waals surface area contributed by atoms with Crippen LogP contribution in [0.5, 0.6) is 0 Å². The van der Waals surface area contributed by atoms with E-state index >= 15 is 0 Å². The normalized spacial score (nSPS) is 17.1. The van der Waals surface area contributed by atoms with Crippen LogP contribution in [-0.4, -0.2) is 30.4 Å². The zero-order valence-corrected chi connectivity index (χ0v) is 14.9. The van der Waals surface area contributed by atoms with Crippen LogP contribution in [0.1, 0.15) is 18.4 Å². The van der Waals surface area contributed by atoms with Crippen LogP contribution in [0.3, 0.4) is 0 Å². The van der Waals surface area contributed by atoms with E-state index < -0.39 is 11.9 Å². The molecule has 2 amide bonds. The molecule has 0 aromatic heterocycles. The maximum Gasteiger partial charge on any atom is 0.272 e. The Morgan fingerprint density at radius 2 is 1.78 bits per heavy atom. The van der Waals surface area contributed by atoms with E-state index in [9.17, 15) is 14.5 Å². The lowest BCUT2D eigenvalue weighted by Gasteiger charge is -2.23. The Hall–Kier alpha value is -3.06. The minimum Gasteiger partial charge on any atom is -0.343 e. The van der Waals surface area contributed by atoms with Gasteiger partial charge in [0.25, 0.3) is 5.91 Å². The fourth-order valence-corrected chi connectivity index (χ4v) is 3.16. The number of carbonyl (C=O) groups excluding carboxylic acids is 2. The molecule has 2 aromatic rings. The topological polar surface area (TPSA) is 90.9 Å². The standard InChI is InChI=1S/C20H22N4O3/c25-19(17-12-7-13-21-17)22-18(14-15-8-3-1-4-9-15)20(26)24(23-27)16-10-5-2-6-11-16/h1-6,8-11,17-18,21H,7,12-14H2,(H,22,25)/t17-,18-/m0/s1. The van der Waals surface area contributed by atoms with Crippen molar-refractivity contribution in [3.8, 4) is 0 Å². The van der Waals surface area contributed by atoms with Gasteiger partial charge >= 0.3 is 0 Å². The highest BCUT2D eigenvalue weighted by molar-refractivity contribution is 5.99. The molecule has 2 N–H and O–H groups in total. The minimum atomic E-state index is -0.889. The summed E-state index contributed by atoms with van der Waals surface area (Å²) in [4.78, 5) is 36.9. The number of nitrogens with zero attached hydrogens (tertiary/aromatic N) is 2. The summed E-state index contributed by atoms with van der Waals surface area (Å²) in [6.45, 7) is 0.779. The Bertz CT molecular complexity index is 776. The van der Waals surface area contributed by atoms with Gasteiger partial charge in [0.15, 0.2) is 0 Å². The van der Waals surface area contributed by atoms with Crippen LogP contribution in [0.25, 0.3) is 0 Å². The summed E-state index contributed by atoms with van der Waals surface area (Å²) in [5.74, 6) is -0.799. The van der Waals surface area contributed by atoms with E-state index in [-0.39, 0.29) is 18.4 Å². The number of hydrogen-bond donors (Lipinski definition) is 2. The van der Waals surface area contributed by atoms with Gasteiger partial charge in [0.1, 0.15) is 6.04 Å². The molecule has 27 heavy (non-hydrogen) atoms. The van der Waals surface area contributed by atoms with Crippen molar-refractivity contribution in [3.05, 3.63) is 71.1 Å². The highest BCUT2D eigenvalue weighted by Gasteiger charge is 2.31. The third-order valence-corrected chi connectivity index (χ3v) is 4.57. The molecule has 0 radical (unpaired) electrons. The SMILES string of the molecule is O=NN(C(=O)[C@H](Cc1ccccc1)NC(=O)[C@@H]1CCCN1)c1ccccc1. The molecule has 1 heterocycles. The lowest BCUT2D eigenvalue weighted by atomic mass is 10.0. The summed E-state index contributed by atoms with van der Waals surface area (Å²) in [6.07, 6.45) is 1.92. The maximum atomic E-state index is 13.0. The van der Waals surface area contributed by atoms with Crippen molar-refractivity contribution in [1.82, 2.24) is 10.6 Å². The largest absolute Gasteiger partial charge is 0.343 e. The predicted molar refractivity (Wildman–Crippen MR) is 103 cm³/mol. The molecule has 0 unspecified atom stereocenters. The molecule has 0 saturated carbocycles. The van der Waals surface area contributed by atoms with Gasteiger partial charge in [-0.25, -0.2) is 0 Å². The van der Waals surface area contributed by atoms with Crippen LogP contribution in [0.15, 0.2) is 65.9 Å². The van der Waals surface area contributed by atoms with Gasteiger partial charge in [-0.3, -0.25) is 9.59 Å². The smallest absolute Gasteiger partial charge is 0.272 e. The number of nitroso groups, excluding NO2 is 1. The first kappa shape index (κ1) is 18.7. The molecule has 7 heteroatoms. The van der Waals surface area contributed by atoms with E-state index in [2.05, 4.69) is 15.9 Å². The fourth-order valence-electron chi connectivity index (χ4n) is 3.16. The number of rotatable bonds is 7. The Balaban J connectivity index is 1.81. The van der Waals surface area contributed by atoms with Crippen molar-refractivity contribution < 1.29 is 9.59 Å². The zero-order valence-electron chi connectivity index (χ0n) is 14.9. The summed E-state index contributed by atoms with van der Waals surface area (Å²) in [7, 11) is 0. The second-order valence-electron chi connectivity index (χ2n) is 6.47. The predicted octanol–water partition coefficient (Wildman–Crippen LogP) is 2.18. The van der Waals surface area contributed by atoms with Gasteiger partial charge in [0.2, 0.25) is 5.91 Å². The first-order chi connectivity index (χ1) is 13.2. The number of carbonyl (C=O) groups is 2. The Morgan fingerprint density at radius 3 is 2.37 bits per heavy atom. The van der Waals surface area contributed by atoms with Crippen molar-refractivity contribution >= 4 is 17.5 Å². The Morgan fingerprint density at radius 1 is 1.11 bits per heavy atom. The number of para-hydroxylation sites is 1. The van der Waals surface area contributed by atoms with E-state index in [1.54, 1.807) is 30.3 Å². The molecule has 2 aromatic carbocycles. The first-order valence-electron chi connectivity index (χ1n) is 8.99. The van der Waals surface area contributed by atoms with Gasteiger partial charge in [-0.1, -0.05) is 48.5 Å². The minimum absolute atomic E-state index is 0.235. The average molecular weight is 366 g/mol. The second-order valence-corrected chi connectivity index (χ2v) is 6.47. The highest BCUT2D eigenvalue weighted by atomic mass is 16.3. The van der Waals surface area contributed by atoms with E-state index in [1.165, 1.54) is 0 Å². The van der Waals surface area contributed by atoms with Crippen LogP contribution < -0.4 is 15.6 Å². The van der Waals surface area contributed by atoms with E-state index in [1.807, 2.05) is 30.3 Å².